The monoisotopic (exact) mass is 473 g/mol. The smallest absolute Gasteiger partial charge is 0.193 e. The van der Waals surface area contributed by atoms with Crippen molar-refractivity contribution in [3.63, 3.8) is 0 Å². The molecule has 1 unspecified atom stereocenters. The number of ketones is 1. The number of carbonyl (C=O) groups is 1. The summed E-state index contributed by atoms with van der Waals surface area (Å²) in [7, 11) is 0. The van der Waals surface area contributed by atoms with Crippen LogP contribution in [0.2, 0.25) is 0 Å². The van der Waals surface area contributed by atoms with Gasteiger partial charge in [0.25, 0.3) is 0 Å². The Hall–Kier alpha value is -4.22. The normalized spacial score (nSPS) is 16.6. The number of aromatic nitrogens is 2. The Bertz CT molecular complexity index is 1580. The van der Waals surface area contributed by atoms with Gasteiger partial charge in [-0.3, -0.25) is 4.79 Å². The number of nitrogens with one attached hydrogen (secondary N) is 1. The highest BCUT2D eigenvalue weighted by Crippen LogP contribution is 2.47. The number of aromatic amines is 1. The van der Waals surface area contributed by atoms with E-state index in [1.54, 1.807) is 12.1 Å². The van der Waals surface area contributed by atoms with Crippen LogP contribution in [0, 0.1) is 0 Å². The molecule has 1 aromatic heterocycles. The maximum atomic E-state index is 13.6. The number of benzene rings is 4. The summed E-state index contributed by atoms with van der Waals surface area (Å²) in [6.07, 6.45) is 0. The van der Waals surface area contributed by atoms with E-state index in [1.807, 2.05) is 54.6 Å². The standard InChI is InChI=1S/C31H27N3O2/c1-3-34(4-2)22-16-14-20(15-17-22)30-32-26-19-18-24-27(28(26)33-30)31(36,21-10-6-5-7-11-21)25-13-9-8-12-23(25)29(24)35/h5-19,36H,3-4H2,1-2H3,(H,32,33). The van der Waals surface area contributed by atoms with E-state index in [1.165, 1.54) is 0 Å². The molecule has 1 aliphatic rings. The van der Waals surface area contributed by atoms with Crippen molar-refractivity contribution in [3.05, 3.63) is 119 Å². The number of carbonyl (C=O) groups excluding carboxylic acids is 1. The summed E-state index contributed by atoms with van der Waals surface area (Å²) in [5.74, 6) is 0.599. The van der Waals surface area contributed by atoms with Gasteiger partial charge in [-0.2, -0.15) is 0 Å². The molecule has 4 aromatic carbocycles. The minimum Gasteiger partial charge on any atom is -0.376 e. The van der Waals surface area contributed by atoms with E-state index >= 15 is 0 Å². The Morgan fingerprint density at radius 1 is 0.833 bits per heavy atom. The number of nitrogens with zero attached hydrogens (tertiary/aromatic N) is 2. The van der Waals surface area contributed by atoms with Gasteiger partial charge in [-0.05, 0) is 55.8 Å². The molecule has 1 aliphatic carbocycles. The highest BCUT2D eigenvalue weighted by Gasteiger charge is 2.45. The van der Waals surface area contributed by atoms with Gasteiger partial charge in [0.15, 0.2) is 5.78 Å². The van der Waals surface area contributed by atoms with Gasteiger partial charge in [-0.15, -0.1) is 0 Å². The Labute approximate surface area is 210 Å². The van der Waals surface area contributed by atoms with Gasteiger partial charge in [0, 0.05) is 46.6 Å². The fraction of sp³-hybridized carbons (Fsp3) is 0.161. The average Bonchev–Trinajstić information content (AvgIpc) is 3.37. The van der Waals surface area contributed by atoms with E-state index in [4.69, 9.17) is 4.98 Å². The molecule has 0 radical (unpaired) electrons. The van der Waals surface area contributed by atoms with Crippen LogP contribution in [0.1, 0.15) is 46.5 Å². The zero-order chi connectivity index (χ0) is 24.9. The molecule has 0 aliphatic heterocycles. The van der Waals surface area contributed by atoms with Crippen molar-refractivity contribution in [2.45, 2.75) is 19.4 Å². The van der Waals surface area contributed by atoms with Crippen LogP contribution >= 0.6 is 0 Å². The molecule has 0 amide bonds. The maximum absolute atomic E-state index is 13.6. The zero-order valence-electron chi connectivity index (χ0n) is 20.3. The highest BCUT2D eigenvalue weighted by atomic mass is 16.3. The SMILES string of the molecule is CCN(CC)c1ccc(-c2nc3c4c(ccc3[nH]2)C(=O)c2ccccc2C4(O)c2ccccc2)cc1. The predicted octanol–water partition coefficient (Wildman–Crippen LogP) is 5.90. The molecule has 5 nitrogen and oxygen atoms in total. The van der Waals surface area contributed by atoms with Crippen LogP contribution in [-0.2, 0) is 5.60 Å². The number of imidazole rings is 1. The molecule has 5 heteroatoms. The second kappa shape index (κ2) is 8.47. The van der Waals surface area contributed by atoms with Gasteiger partial charge in [0.1, 0.15) is 11.4 Å². The fourth-order valence-corrected chi connectivity index (χ4v) is 5.44. The first-order valence-electron chi connectivity index (χ1n) is 12.4. The van der Waals surface area contributed by atoms with E-state index in [0.29, 0.717) is 39.2 Å². The number of aliphatic hydroxyl groups is 1. The number of anilines is 1. The molecular weight excluding hydrogens is 446 g/mol. The average molecular weight is 474 g/mol. The Morgan fingerprint density at radius 2 is 1.53 bits per heavy atom. The highest BCUT2D eigenvalue weighted by molar-refractivity contribution is 6.15. The van der Waals surface area contributed by atoms with E-state index in [-0.39, 0.29) is 5.78 Å². The first-order valence-corrected chi connectivity index (χ1v) is 12.4. The lowest BCUT2D eigenvalue weighted by molar-refractivity contribution is 0.0953. The summed E-state index contributed by atoms with van der Waals surface area (Å²) in [5, 5.41) is 12.5. The van der Waals surface area contributed by atoms with Crippen LogP contribution in [0.25, 0.3) is 22.4 Å². The summed E-state index contributed by atoms with van der Waals surface area (Å²) in [6.45, 7) is 6.18. The molecule has 36 heavy (non-hydrogen) atoms. The molecule has 178 valence electrons. The Morgan fingerprint density at radius 3 is 2.25 bits per heavy atom. The van der Waals surface area contributed by atoms with Crippen molar-refractivity contribution in [1.82, 2.24) is 9.97 Å². The lowest BCUT2D eigenvalue weighted by Gasteiger charge is -2.36. The number of rotatable bonds is 5. The predicted molar refractivity (Wildman–Crippen MR) is 144 cm³/mol. The maximum Gasteiger partial charge on any atom is 0.193 e. The van der Waals surface area contributed by atoms with Crippen LogP contribution in [-0.4, -0.2) is 33.9 Å². The largest absolute Gasteiger partial charge is 0.376 e. The summed E-state index contributed by atoms with van der Waals surface area (Å²) in [4.78, 5) is 24.2. The van der Waals surface area contributed by atoms with E-state index in [2.05, 4.69) is 48.0 Å². The van der Waals surface area contributed by atoms with Crippen molar-refractivity contribution in [1.29, 1.82) is 0 Å². The lowest BCUT2D eigenvalue weighted by Crippen LogP contribution is -2.37. The number of H-pyrrole nitrogens is 1. The van der Waals surface area contributed by atoms with Crippen LogP contribution in [0.15, 0.2) is 91.0 Å². The quantitative estimate of drug-likeness (QED) is 0.333. The Balaban J connectivity index is 1.57. The van der Waals surface area contributed by atoms with Gasteiger partial charge in [-0.1, -0.05) is 54.6 Å². The molecule has 6 rings (SSSR count). The van der Waals surface area contributed by atoms with E-state index in [0.717, 1.165) is 29.9 Å². The molecule has 1 heterocycles. The lowest BCUT2D eigenvalue weighted by atomic mass is 9.70. The topological polar surface area (TPSA) is 69.2 Å². The van der Waals surface area contributed by atoms with E-state index in [9.17, 15) is 9.90 Å². The van der Waals surface area contributed by atoms with Gasteiger partial charge in [0.2, 0.25) is 0 Å². The van der Waals surface area contributed by atoms with Crippen molar-refractivity contribution in [2.75, 3.05) is 18.0 Å². The first kappa shape index (κ1) is 22.3. The zero-order valence-corrected chi connectivity index (χ0v) is 20.3. The summed E-state index contributed by atoms with van der Waals surface area (Å²) in [6, 6.07) is 28.8. The van der Waals surface area contributed by atoms with Gasteiger partial charge in [-0.25, -0.2) is 4.98 Å². The van der Waals surface area contributed by atoms with Crippen molar-refractivity contribution < 1.29 is 9.90 Å². The minimum atomic E-state index is -1.51. The third kappa shape index (κ3) is 3.20. The second-order valence-electron chi connectivity index (χ2n) is 9.14. The Kier molecular flexibility index (Phi) is 5.23. The van der Waals surface area contributed by atoms with Crippen LogP contribution in [0.3, 0.4) is 0 Å². The molecule has 1 atom stereocenters. The molecule has 0 spiro atoms. The van der Waals surface area contributed by atoms with Crippen molar-refractivity contribution in [2.24, 2.45) is 0 Å². The molecule has 5 aromatic rings. The van der Waals surface area contributed by atoms with Crippen LogP contribution < -0.4 is 4.90 Å². The fourth-order valence-electron chi connectivity index (χ4n) is 5.44. The second-order valence-corrected chi connectivity index (χ2v) is 9.14. The molecule has 0 fully saturated rings. The van der Waals surface area contributed by atoms with Gasteiger partial charge >= 0.3 is 0 Å². The molecular formula is C31H27N3O2. The third-order valence-electron chi connectivity index (χ3n) is 7.28. The summed E-state index contributed by atoms with van der Waals surface area (Å²) in [5.41, 5.74) is 4.76. The summed E-state index contributed by atoms with van der Waals surface area (Å²) >= 11 is 0. The third-order valence-corrected chi connectivity index (χ3v) is 7.28. The molecule has 2 N–H and O–H groups in total. The molecule has 0 bridgehead atoms. The number of hydrogen-bond acceptors (Lipinski definition) is 4. The number of fused-ring (bicyclic) bond motifs is 4. The van der Waals surface area contributed by atoms with Gasteiger partial charge < -0.3 is 15.0 Å². The van der Waals surface area contributed by atoms with Crippen LogP contribution in [0.5, 0.6) is 0 Å². The van der Waals surface area contributed by atoms with Crippen molar-refractivity contribution in [3.8, 4) is 11.4 Å². The van der Waals surface area contributed by atoms with E-state index < -0.39 is 5.60 Å². The van der Waals surface area contributed by atoms with Crippen LogP contribution in [0.4, 0.5) is 5.69 Å². The van der Waals surface area contributed by atoms with Crippen molar-refractivity contribution >= 4 is 22.5 Å². The summed E-state index contributed by atoms with van der Waals surface area (Å²) < 4.78 is 0. The number of hydrogen-bond donors (Lipinski definition) is 2. The van der Waals surface area contributed by atoms with Gasteiger partial charge in [0.05, 0.1) is 11.0 Å². The molecule has 0 saturated carbocycles. The molecule has 0 saturated heterocycles. The first-order chi connectivity index (χ1) is 17.6. The minimum absolute atomic E-state index is 0.101.